The van der Waals surface area contributed by atoms with E-state index in [0.717, 1.165) is 24.1 Å². The van der Waals surface area contributed by atoms with E-state index in [1.165, 1.54) is 12.8 Å². The van der Waals surface area contributed by atoms with Gasteiger partial charge in [0.15, 0.2) is 0 Å². The van der Waals surface area contributed by atoms with Crippen LogP contribution in [0.4, 0.5) is 0 Å². The molecule has 5 nitrogen and oxygen atoms in total. The number of hydrogen-bond acceptors (Lipinski definition) is 4. The van der Waals surface area contributed by atoms with Crippen molar-refractivity contribution in [3.05, 3.63) is 24.2 Å². The third-order valence-corrected chi connectivity index (χ3v) is 4.22. The van der Waals surface area contributed by atoms with E-state index in [9.17, 15) is 0 Å². The fourth-order valence-electron chi connectivity index (χ4n) is 2.81. The van der Waals surface area contributed by atoms with Crippen molar-refractivity contribution in [1.29, 1.82) is 0 Å². The van der Waals surface area contributed by atoms with Crippen LogP contribution in [-0.2, 0) is 5.41 Å². The molecule has 1 aliphatic rings. The van der Waals surface area contributed by atoms with Gasteiger partial charge in [-0.05, 0) is 18.9 Å². The molecule has 5 heteroatoms. The van der Waals surface area contributed by atoms with Gasteiger partial charge in [-0.2, -0.15) is 5.10 Å². The standard InChI is InChI=1S/C16H24N4O/c1-15(2,3)13-10-12-14(18-8-9-20(12)19-13)21-11-16(17)6-4-5-7-16/h8-10H,4-7,11,17H2,1-3H3. The lowest BCUT2D eigenvalue weighted by atomic mass is 9.92. The van der Waals surface area contributed by atoms with Crippen molar-refractivity contribution >= 4 is 5.52 Å². The first-order valence-electron chi connectivity index (χ1n) is 7.64. The molecule has 0 radical (unpaired) electrons. The van der Waals surface area contributed by atoms with Crippen molar-refractivity contribution in [3.63, 3.8) is 0 Å². The van der Waals surface area contributed by atoms with Crippen molar-refractivity contribution in [3.8, 4) is 5.88 Å². The average Bonchev–Trinajstić information content (AvgIpc) is 3.02. The topological polar surface area (TPSA) is 65.4 Å². The first-order valence-corrected chi connectivity index (χ1v) is 7.64. The molecule has 2 heterocycles. The molecule has 3 rings (SSSR count). The van der Waals surface area contributed by atoms with E-state index >= 15 is 0 Å². The molecule has 0 spiro atoms. The molecule has 114 valence electrons. The zero-order valence-electron chi connectivity index (χ0n) is 13.1. The molecule has 0 amide bonds. The molecule has 0 atom stereocenters. The largest absolute Gasteiger partial charge is 0.474 e. The summed E-state index contributed by atoms with van der Waals surface area (Å²) in [6.07, 6.45) is 8.02. The second kappa shape index (κ2) is 4.98. The van der Waals surface area contributed by atoms with Crippen LogP contribution < -0.4 is 10.5 Å². The molecule has 0 saturated heterocycles. The lowest BCUT2D eigenvalue weighted by Crippen LogP contribution is -2.42. The SMILES string of the molecule is CC(C)(C)c1cc2c(OCC3(N)CCCC3)nccn2n1. The van der Waals surface area contributed by atoms with Crippen LogP contribution in [-0.4, -0.2) is 26.7 Å². The van der Waals surface area contributed by atoms with Crippen LogP contribution in [0.2, 0.25) is 0 Å². The maximum atomic E-state index is 6.35. The van der Waals surface area contributed by atoms with Gasteiger partial charge in [0.05, 0.1) is 11.2 Å². The molecular weight excluding hydrogens is 264 g/mol. The molecular formula is C16H24N4O. The Kier molecular flexibility index (Phi) is 3.40. The van der Waals surface area contributed by atoms with Crippen molar-refractivity contribution in [2.24, 2.45) is 5.73 Å². The van der Waals surface area contributed by atoms with E-state index in [1.807, 2.05) is 10.7 Å². The number of aromatic nitrogens is 3. The Balaban J connectivity index is 1.86. The van der Waals surface area contributed by atoms with Crippen LogP contribution in [0.15, 0.2) is 18.5 Å². The number of fused-ring (bicyclic) bond motifs is 1. The summed E-state index contributed by atoms with van der Waals surface area (Å²) in [5.41, 5.74) is 8.10. The Bertz CT molecular complexity index is 635. The van der Waals surface area contributed by atoms with Gasteiger partial charge in [-0.1, -0.05) is 33.6 Å². The number of nitrogens with two attached hydrogens (primary N) is 1. The minimum atomic E-state index is -0.193. The van der Waals surface area contributed by atoms with E-state index in [4.69, 9.17) is 10.5 Å². The molecule has 1 saturated carbocycles. The van der Waals surface area contributed by atoms with Crippen molar-refractivity contribution in [2.45, 2.75) is 57.4 Å². The second-order valence-electron chi connectivity index (χ2n) is 7.20. The normalized spacial score (nSPS) is 18.3. The maximum Gasteiger partial charge on any atom is 0.240 e. The Hall–Kier alpha value is -1.62. The van der Waals surface area contributed by atoms with E-state index in [1.54, 1.807) is 6.20 Å². The lowest BCUT2D eigenvalue weighted by Gasteiger charge is -2.23. The Morgan fingerprint density at radius 3 is 2.71 bits per heavy atom. The maximum absolute atomic E-state index is 6.35. The van der Waals surface area contributed by atoms with Gasteiger partial charge in [0.1, 0.15) is 12.1 Å². The summed E-state index contributed by atoms with van der Waals surface area (Å²) in [5, 5.41) is 4.61. The highest BCUT2D eigenvalue weighted by atomic mass is 16.5. The van der Waals surface area contributed by atoms with Gasteiger partial charge in [0, 0.05) is 17.8 Å². The Morgan fingerprint density at radius 1 is 1.33 bits per heavy atom. The van der Waals surface area contributed by atoms with Crippen LogP contribution in [0, 0.1) is 0 Å². The van der Waals surface area contributed by atoms with Crippen LogP contribution in [0.3, 0.4) is 0 Å². The molecule has 0 unspecified atom stereocenters. The molecule has 21 heavy (non-hydrogen) atoms. The number of hydrogen-bond donors (Lipinski definition) is 1. The summed E-state index contributed by atoms with van der Waals surface area (Å²) in [5.74, 6) is 0.622. The summed E-state index contributed by atoms with van der Waals surface area (Å²) in [6.45, 7) is 6.97. The van der Waals surface area contributed by atoms with Crippen molar-refractivity contribution in [2.75, 3.05) is 6.61 Å². The van der Waals surface area contributed by atoms with E-state index in [0.29, 0.717) is 12.5 Å². The summed E-state index contributed by atoms with van der Waals surface area (Å²) in [6, 6.07) is 2.06. The second-order valence-corrected chi connectivity index (χ2v) is 7.20. The Morgan fingerprint density at radius 2 is 2.05 bits per heavy atom. The highest BCUT2D eigenvalue weighted by molar-refractivity contribution is 5.57. The number of nitrogens with zero attached hydrogens (tertiary/aromatic N) is 3. The highest BCUT2D eigenvalue weighted by Gasteiger charge is 2.30. The van der Waals surface area contributed by atoms with Gasteiger partial charge in [0.25, 0.3) is 0 Å². The van der Waals surface area contributed by atoms with Gasteiger partial charge in [-0.3, -0.25) is 0 Å². The molecule has 2 aromatic rings. The molecule has 1 aliphatic carbocycles. The molecule has 2 aromatic heterocycles. The van der Waals surface area contributed by atoms with Gasteiger partial charge >= 0.3 is 0 Å². The predicted molar refractivity (Wildman–Crippen MR) is 82.6 cm³/mol. The number of ether oxygens (including phenoxy) is 1. The smallest absolute Gasteiger partial charge is 0.240 e. The van der Waals surface area contributed by atoms with Crippen LogP contribution in [0.25, 0.3) is 5.52 Å². The Labute approximate surface area is 125 Å². The molecule has 2 N–H and O–H groups in total. The highest BCUT2D eigenvalue weighted by Crippen LogP contribution is 2.29. The van der Waals surface area contributed by atoms with Gasteiger partial charge < -0.3 is 10.5 Å². The third kappa shape index (κ3) is 2.88. The van der Waals surface area contributed by atoms with Crippen LogP contribution in [0.1, 0.15) is 52.1 Å². The van der Waals surface area contributed by atoms with Crippen molar-refractivity contribution < 1.29 is 4.74 Å². The fraction of sp³-hybridized carbons (Fsp3) is 0.625. The van der Waals surface area contributed by atoms with E-state index in [-0.39, 0.29) is 11.0 Å². The summed E-state index contributed by atoms with van der Waals surface area (Å²) in [4.78, 5) is 4.36. The average molecular weight is 288 g/mol. The lowest BCUT2D eigenvalue weighted by molar-refractivity contribution is 0.215. The zero-order valence-corrected chi connectivity index (χ0v) is 13.1. The van der Waals surface area contributed by atoms with Crippen LogP contribution >= 0.6 is 0 Å². The first kappa shape index (κ1) is 14.3. The van der Waals surface area contributed by atoms with Crippen molar-refractivity contribution in [1.82, 2.24) is 14.6 Å². The summed E-state index contributed by atoms with van der Waals surface area (Å²) in [7, 11) is 0. The van der Waals surface area contributed by atoms with Gasteiger partial charge in [-0.15, -0.1) is 0 Å². The van der Waals surface area contributed by atoms with Gasteiger partial charge in [-0.25, -0.2) is 9.50 Å². The van der Waals surface area contributed by atoms with E-state index < -0.39 is 0 Å². The first-order chi connectivity index (χ1) is 9.87. The number of rotatable bonds is 3. The quantitative estimate of drug-likeness (QED) is 0.943. The monoisotopic (exact) mass is 288 g/mol. The molecule has 0 aliphatic heterocycles. The predicted octanol–water partition coefficient (Wildman–Crippen LogP) is 2.68. The molecule has 0 bridgehead atoms. The third-order valence-electron chi connectivity index (χ3n) is 4.22. The van der Waals surface area contributed by atoms with Gasteiger partial charge in [0.2, 0.25) is 5.88 Å². The van der Waals surface area contributed by atoms with E-state index in [2.05, 4.69) is 36.9 Å². The fourth-order valence-corrected chi connectivity index (χ4v) is 2.81. The van der Waals surface area contributed by atoms with Crippen LogP contribution in [0.5, 0.6) is 5.88 Å². The molecule has 0 aromatic carbocycles. The zero-order chi connectivity index (χ0) is 15.1. The minimum Gasteiger partial charge on any atom is -0.474 e. The molecule has 1 fully saturated rings. The minimum absolute atomic E-state index is 0.00380. The summed E-state index contributed by atoms with van der Waals surface area (Å²) >= 11 is 0. The summed E-state index contributed by atoms with van der Waals surface area (Å²) < 4.78 is 7.77.